The Morgan fingerprint density at radius 1 is 1.32 bits per heavy atom. The van der Waals surface area contributed by atoms with Crippen LogP contribution in [0.3, 0.4) is 0 Å². The van der Waals surface area contributed by atoms with Crippen LogP contribution in [0.4, 0.5) is 10.5 Å². The first-order valence-electron chi connectivity index (χ1n) is 8.31. The van der Waals surface area contributed by atoms with Gasteiger partial charge >= 0.3 is 6.03 Å². The van der Waals surface area contributed by atoms with E-state index in [0.29, 0.717) is 12.3 Å². The van der Waals surface area contributed by atoms with Gasteiger partial charge in [0, 0.05) is 11.7 Å². The average molecular weight is 342 g/mol. The van der Waals surface area contributed by atoms with Gasteiger partial charge in [-0.25, -0.2) is 9.78 Å². The number of rotatable bonds is 4. The standard InChI is InChI=1S/C18H22N4O3/c1-11-9-15(17(23)22(11)14-7-5-4-6-8-14)21-18(24)19-10-16-20-12(2)13(3)25-16/h4-8,11,15H,9-10H2,1-3H3,(H2,19,21,24). The van der Waals surface area contributed by atoms with Crippen molar-refractivity contribution in [2.45, 2.75) is 45.8 Å². The normalized spacial score (nSPS) is 20.0. The zero-order valence-electron chi connectivity index (χ0n) is 14.6. The van der Waals surface area contributed by atoms with Gasteiger partial charge in [0.15, 0.2) is 0 Å². The molecule has 2 unspecified atom stereocenters. The summed E-state index contributed by atoms with van der Waals surface area (Å²) in [5.41, 5.74) is 1.64. The predicted octanol–water partition coefficient (Wildman–Crippen LogP) is 2.28. The molecule has 132 valence electrons. The van der Waals surface area contributed by atoms with E-state index in [2.05, 4.69) is 15.6 Å². The van der Waals surface area contributed by atoms with Gasteiger partial charge in [0.2, 0.25) is 11.8 Å². The van der Waals surface area contributed by atoms with Crippen molar-refractivity contribution in [3.8, 4) is 0 Å². The van der Waals surface area contributed by atoms with Gasteiger partial charge in [0.1, 0.15) is 11.8 Å². The first kappa shape index (κ1) is 17.0. The van der Waals surface area contributed by atoms with Crippen LogP contribution in [-0.2, 0) is 11.3 Å². The Hall–Kier alpha value is -2.83. The quantitative estimate of drug-likeness (QED) is 0.892. The first-order chi connectivity index (χ1) is 12.0. The molecular weight excluding hydrogens is 320 g/mol. The van der Waals surface area contributed by atoms with Crippen LogP contribution in [0.15, 0.2) is 34.7 Å². The van der Waals surface area contributed by atoms with E-state index in [1.165, 1.54) is 0 Å². The molecule has 1 saturated heterocycles. The van der Waals surface area contributed by atoms with Gasteiger partial charge in [-0.15, -0.1) is 0 Å². The largest absolute Gasteiger partial charge is 0.444 e. The highest BCUT2D eigenvalue weighted by Gasteiger charge is 2.38. The second-order valence-electron chi connectivity index (χ2n) is 6.26. The van der Waals surface area contributed by atoms with Gasteiger partial charge in [-0.05, 0) is 39.3 Å². The number of hydrogen-bond acceptors (Lipinski definition) is 4. The molecule has 0 spiro atoms. The summed E-state index contributed by atoms with van der Waals surface area (Å²) >= 11 is 0. The van der Waals surface area contributed by atoms with Crippen LogP contribution >= 0.6 is 0 Å². The van der Waals surface area contributed by atoms with Crippen molar-refractivity contribution in [2.75, 3.05) is 4.90 Å². The molecule has 1 aromatic heterocycles. The third-order valence-electron chi connectivity index (χ3n) is 4.37. The SMILES string of the molecule is Cc1nc(CNC(=O)NC2CC(C)N(c3ccccc3)C2=O)oc1C. The van der Waals surface area contributed by atoms with Crippen molar-refractivity contribution >= 4 is 17.6 Å². The molecule has 3 rings (SSSR count). The summed E-state index contributed by atoms with van der Waals surface area (Å²) in [6.07, 6.45) is 0.568. The summed E-state index contributed by atoms with van der Waals surface area (Å²) < 4.78 is 5.42. The van der Waals surface area contributed by atoms with Gasteiger partial charge in [-0.1, -0.05) is 18.2 Å². The predicted molar refractivity (Wildman–Crippen MR) is 93.1 cm³/mol. The van der Waals surface area contributed by atoms with Gasteiger partial charge in [-0.2, -0.15) is 0 Å². The van der Waals surface area contributed by atoms with Crippen LogP contribution < -0.4 is 15.5 Å². The van der Waals surface area contributed by atoms with Crippen LogP contribution in [-0.4, -0.2) is 29.0 Å². The number of urea groups is 1. The molecule has 1 aromatic carbocycles. The number of benzene rings is 1. The molecule has 0 aliphatic carbocycles. The number of nitrogens with one attached hydrogen (secondary N) is 2. The van der Waals surface area contributed by atoms with E-state index in [4.69, 9.17) is 4.42 Å². The Labute approximate surface area is 146 Å². The maximum Gasteiger partial charge on any atom is 0.315 e. The Morgan fingerprint density at radius 2 is 2.04 bits per heavy atom. The van der Waals surface area contributed by atoms with Gasteiger partial charge in [-0.3, -0.25) is 4.79 Å². The number of aromatic nitrogens is 1. The molecule has 1 fully saturated rings. The molecule has 1 aliphatic heterocycles. The fourth-order valence-electron chi connectivity index (χ4n) is 3.00. The molecule has 7 heteroatoms. The number of carbonyl (C=O) groups is 2. The number of hydrogen-bond donors (Lipinski definition) is 2. The number of oxazole rings is 1. The fraction of sp³-hybridized carbons (Fsp3) is 0.389. The van der Waals surface area contributed by atoms with Crippen molar-refractivity contribution in [3.05, 3.63) is 47.7 Å². The van der Waals surface area contributed by atoms with Crippen LogP contribution in [0.1, 0.15) is 30.7 Å². The Bertz CT molecular complexity index is 752. The number of carbonyl (C=O) groups excluding carboxylic acids is 2. The average Bonchev–Trinajstić information content (AvgIpc) is 3.05. The highest BCUT2D eigenvalue weighted by Crippen LogP contribution is 2.26. The van der Waals surface area contributed by atoms with Crippen molar-refractivity contribution in [1.29, 1.82) is 0 Å². The molecule has 0 radical (unpaired) electrons. The Morgan fingerprint density at radius 3 is 2.68 bits per heavy atom. The maximum absolute atomic E-state index is 12.6. The van der Waals surface area contributed by atoms with E-state index in [9.17, 15) is 9.59 Å². The van der Waals surface area contributed by atoms with E-state index in [1.807, 2.05) is 51.1 Å². The molecule has 2 heterocycles. The molecule has 2 aromatic rings. The fourth-order valence-corrected chi connectivity index (χ4v) is 3.00. The smallest absolute Gasteiger partial charge is 0.315 e. The molecule has 0 saturated carbocycles. The number of amides is 3. The van der Waals surface area contributed by atoms with Crippen LogP contribution in [0.2, 0.25) is 0 Å². The number of nitrogens with zero attached hydrogens (tertiary/aromatic N) is 2. The Balaban J connectivity index is 1.57. The van der Waals surface area contributed by atoms with E-state index in [1.54, 1.807) is 4.90 Å². The summed E-state index contributed by atoms with van der Waals surface area (Å²) in [6, 6.07) is 8.55. The van der Waals surface area contributed by atoms with Crippen molar-refractivity contribution in [1.82, 2.24) is 15.6 Å². The van der Waals surface area contributed by atoms with Crippen molar-refractivity contribution in [2.24, 2.45) is 0 Å². The summed E-state index contributed by atoms with van der Waals surface area (Å²) in [4.78, 5) is 30.7. The molecule has 3 amide bonds. The maximum atomic E-state index is 12.6. The summed E-state index contributed by atoms with van der Waals surface area (Å²) in [5.74, 6) is 1.08. The highest BCUT2D eigenvalue weighted by molar-refractivity contribution is 6.01. The highest BCUT2D eigenvalue weighted by atomic mass is 16.4. The second-order valence-corrected chi connectivity index (χ2v) is 6.26. The lowest BCUT2D eigenvalue weighted by atomic mass is 10.2. The first-order valence-corrected chi connectivity index (χ1v) is 8.31. The van der Waals surface area contributed by atoms with E-state index >= 15 is 0 Å². The van der Waals surface area contributed by atoms with Gasteiger partial charge < -0.3 is 20.0 Å². The molecule has 0 bridgehead atoms. The number of aryl methyl sites for hydroxylation is 2. The minimum Gasteiger partial charge on any atom is -0.444 e. The second kappa shape index (κ2) is 6.96. The van der Waals surface area contributed by atoms with Gasteiger partial charge in [0.05, 0.1) is 12.2 Å². The lowest BCUT2D eigenvalue weighted by molar-refractivity contribution is -0.118. The van der Waals surface area contributed by atoms with Crippen LogP contribution in [0, 0.1) is 13.8 Å². The topological polar surface area (TPSA) is 87.5 Å². The summed E-state index contributed by atoms with van der Waals surface area (Å²) in [7, 11) is 0. The zero-order valence-corrected chi connectivity index (χ0v) is 14.6. The molecule has 2 atom stereocenters. The minimum atomic E-state index is -0.539. The van der Waals surface area contributed by atoms with Crippen LogP contribution in [0.25, 0.3) is 0 Å². The molecule has 25 heavy (non-hydrogen) atoms. The van der Waals surface area contributed by atoms with E-state index < -0.39 is 12.1 Å². The van der Waals surface area contributed by atoms with Crippen LogP contribution in [0.5, 0.6) is 0 Å². The van der Waals surface area contributed by atoms with Crippen molar-refractivity contribution in [3.63, 3.8) is 0 Å². The van der Waals surface area contributed by atoms with Crippen molar-refractivity contribution < 1.29 is 14.0 Å². The van der Waals surface area contributed by atoms with E-state index in [0.717, 1.165) is 17.1 Å². The molecular formula is C18H22N4O3. The zero-order chi connectivity index (χ0) is 18.0. The summed E-state index contributed by atoms with van der Waals surface area (Å²) in [6.45, 7) is 5.82. The molecule has 7 nitrogen and oxygen atoms in total. The van der Waals surface area contributed by atoms with E-state index in [-0.39, 0.29) is 18.5 Å². The Kier molecular flexibility index (Phi) is 4.74. The molecule has 1 aliphatic rings. The minimum absolute atomic E-state index is 0.0252. The number of para-hydroxylation sites is 1. The van der Waals surface area contributed by atoms with Gasteiger partial charge in [0.25, 0.3) is 0 Å². The molecule has 2 N–H and O–H groups in total. The summed E-state index contributed by atoms with van der Waals surface area (Å²) in [5, 5.41) is 5.42. The number of anilines is 1. The monoisotopic (exact) mass is 342 g/mol. The lowest BCUT2D eigenvalue weighted by Gasteiger charge is -2.21. The third-order valence-corrected chi connectivity index (χ3v) is 4.37. The lowest BCUT2D eigenvalue weighted by Crippen LogP contribution is -2.46. The third kappa shape index (κ3) is 3.65.